The van der Waals surface area contributed by atoms with E-state index in [9.17, 15) is 0 Å². The van der Waals surface area contributed by atoms with Gasteiger partial charge in [0.25, 0.3) is 0 Å². The minimum absolute atomic E-state index is 0. The fourth-order valence-electron chi connectivity index (χ4n) is 7.08. The summed E-state index contributed by atoms with van der Waals surface area (Å²) in [5.74, 6) is 0. The van der Waals surface area contributed by atoms with Gasteiger partial charge in [-0.05, 0) is 44.4 Å². The lowest BCUT2D eigenvalue weighted by atomic mass is 9.81. The zero-order valence-corrected chi connectivity index (χ0v) is 26.8. The average Bonchev–Trinajstić information content (AvgIpc) is 3.28. The maximum Gasteiger partial charge on any atom is 0.209 e. The first kappa shape index (κ1) is 30.6. The van der Waals surface area contributed by atoms with Crippen molar-refractivity contribution in [1.82, 2.24) is 0 Å². The van der Waals surface area contributed by atoms with Gasteiger partial charge in [-0.25, -0.2) is 0 Å². The quantitative estimate of drug-likeness (QED) is 0.302. The number of hydrogen-bond donors (Lipinski definition) is 0. The van der Waals surface area contributed by atoms with Crippen LogP contribution >= 0.6 is 0 Å². The van der Waals surface area contributed by atoms with Crippen molar-refractivity contribution >= 4 is 17.1 Å². The number of allylic oxidation sites excluding steroid dienone is 6. The van der Waals surface area contributed by atoms with Crippen molar-refractivity contribution in [3.8, 4) is 0 Å². The third-order valence-electron chi connectivity index (χ3n) is 9.34. The molecule has 0 aromatic heterocycles. The van der Waals surface area contributed by atoms with E-state index in [-0.39, 0.29) is 27.8 Å². The summed E-state index contributed by atoms with van der Waals surface area (Å²) in [4.78, 5) is 2.60. The van der Waals surface area contributed by atoms with Crippen LogP contribution in [0.5, 0.6) is 0 Å². The molecule has 2 aromatic rings. The van der Waals surface area contributed by atoms with Crippen LogP contribution < -0.4 is 21.9 Å². The van der Waals surface area contributed by atoms with Gasteiger partial charge in [0.1, 0.15) is 6.54 Å². The Labute approximate surface area is 254 Å². The van der Waals surface area contributed by atoms with Gasteiger partial charge >= 0.3 is 0 Å². The molecule has 0 unspecified atom stereocenters. The van der Waals surface area contributed by atoms with Crippen molar-refractivity contribution in [2.75, 3.05) is 18.0 Å². The van der Waals surface area contributed by atoms with Gasteiger partial charge < -0.3 is 21.9 Å². The third kappa shape index (κ3) is 6.25. The second kappa shape index (κ2) is 13.5. The number of halogens is 1. The van der Waals surface area contributed by atoms with Crippen LogP contribution in [0.1, 0.15) is 103 Å². The minimum atomic E-state index is 0. The monoisotopic (exact) mass is 600 g/mol. The zero-order chi connectivity index (χ0) is 27.3. The van der Waals surface area contributed by atoms with Gasteiger partial charge in [-0.15, -0.1) is 0 Å². The fourth-order valence-corrected chi connectivity index (χ4v) is 7.08. The van der Waals surface area contributed by atoms with Crippen molar-refractivity contribution in [3.63, 3.8) is 0 Å². The molecule has 0 saturated heterocycles. The summed E-state index contributed by atoms with van der Waals surface area (Å²) in [5, 5.41) is 0. The molecule has 0 N–H and O–H groups in total. The largest absolute Gasteiger partial charge is 1.00 e. The number of anilines is 1. The molecule has 0 bridgehead atoms. The van der Waals surface area contributed by atoms with Crippen LogP contribution in [0.2, 0.25) is 0 Å². The first-order chi connectivity index (χ1) is 18.9. The van der Waals surface area contributed by atoms with Gasteiger partial charge in [0.15, 0.2) is 5.71 Å². The Morgan fingerprint density at radius 3 is 1.95 bits per heavy atom. The summed E-state index contributed by atoms with van der Waals surface area (Å²) >= 11 is 0. The maximum absolute atomic E-state index is 2.60. The van der Waals surface area contributed by atoms with E-state index in [1.165, 1.54) is 98.1 Å². The van der Waals surface area contributed by atoms with Gasteiger partial charge in [-0.2, -0.15) is 4.58 Å². The highest BCUT2D eigenvalue weighted by Crippen LogP contribution is 2.47. The second-order valence-corrected chi connectivity index (χ2v) is 12.8. The highest BCUT2D eigenvalue weighted by Gasteiger charge is 2.43. The smallest absolute Gasteiger partial charge is 0.209 e. The van der Waals surface area contributed by atoms with E-state index in [1.54, 1.807) is 0 Å². The third-order valence-corrected chi connectivity index (χ3v) is 9.34. The molecule has 3 heterocycles. The fraction of sp³-hybridized carbons (Fsp3) is 0.486. The highest BCUT2D eigenvalue weighted by atomic mass is 79.9. The van der Waals surface area contributed by atoms with Gasteiger partial charge in [0.2, 0.25) is 5.69 Å². The summed E-state index contributed by atoms with van der Waals surface area (Å²) in [6, 6.07) is 18.0. The number of benzene rings is 2. The number of para-hydroxylation sites is 2. The van der Waals surface area contributed by atoms with E-state index in [0.717, 1.165) is 13.1 Å². The lowest BCUT2D eigenvalue weighted by Crippen LogP contribution is -3.00. The van der Waals surface area contributed by atoms with Crippen LogP contribution in [0.25, 0.3) is 0 Å². The van der Waals surface area contributed by atoms with Crippen molar-refractivity contribution in [2.24, 2.45) is 0 Å². The molecule has 0 saturated carbocycles. The molecule has 0 fully saturated rings. The summed E-state index contributed by atoms with van der Waals surface area (Å²) in [5.41, 5.74) is 8.56. The molecule has 5 rings (SSSR count). The summed E-state index contributed by atoms with van der Waals surface area (Å²) in [7, 11) is 0. The summed E-state index contributed by atoms with van der Waals surface area (Å²) < 4.78 is 2.60. The Morgan fingerprint density at radius 1 is 0.625 bits per heavy atom. The van der Waals surface area contributed by atoms with E-state index in [2.05, 4.69) is 116 Å². The van der Waals surface area contributed by atoms with E-state index in [4.69, 9.17) is 0 Å². The second-order valence-electron chi connectivity index (χ2n) is 12.8. The van der Waals surface area contributed by atoms with Crippen molar-refractivity contribution in [2.45, 2.75) is 103 Å². The Balaban J connectivity index is 0.00000370. The van der Waals surface area contributed by atoms with Gasteiger partial charge in [-0.1, -0.05) is 113 Å². The molecule has 3 aliphatic rings. The molecular weight excluding hydrogens is 552 g/mol. The van der Waals surface area contributed by atoms with Crippen molar-refractivity contribution in [1.29, 1.82) is 0 Å². The van der Waals surface area contributed by atoms with Crippen LogP contribution in [0.3, 0.4) is 0 Å². The molecule has 2 aromatic carbocycles. The van der Waals surface area contributed by atoms with Crippen molar-refractivity contribution < 1.29 is 21.6 Å². The van der Waals surface area contributed by atoms with Gasteiger partial charge in [0.05, 0.1) is 5.41 Å². The van der Waals surface area contributed by atoms with E-state index in [1.807, 2.05) is 0 Å². The molecule has 0 radical (unpaired) electrons. The predicted octanol–water partition coefficient (Wildman–Crippen LogP) is 6.78. The number of rotatable bonds is 0. The maximum atomic E-state index is 2.60. The molecule has 0 spiro atoms. The predicted molar refractivity (Wildman–Crippen MR) is 169 cm³/mol. The van der Waals surface area contributed by atoms with Crippen LogP contribution in [0.15, 0.2) is 84.6 Å². The molecular formula is C37H49BrN2. The van der Waals surface area contributed by atoms with E-state index < -0.39 is 0 Å². The Hall–Kier alpha value is -2.39. The Morgan fingerprint density at radius 2 is 1.23 bits per heavy atom. The minimum Gasteiger partial charge on any atom is -1.00 e. The highest BCUT2D eigenvalue weighted by molar-refractivity contribution is 6.03. The number of fused-ring (bicyclic) bond motifs is 5. The normalized spacial score (nSPS) is 24.2. The van der Waals surface area contributed by atoms with Gasteiger partial charge in [-0.3, -0.25) is 0 Å². The number of nitrogens with zero attached hydrogens (tertiary/aromatic N) is 2. The molecule has 0 atom stereocenters. The molecule has 3 aliphatic heterocycles. The Bertz CT molecular complexity index is 1280. The topological polar surface area (TPSA) is 6.25 Å². The van der Waals surface area contributed by atoms with E-state index >= 15 is 0 Å². The zero-order valence-electron chi connectivity index (χ0n) is 25.3. The van der Waals surface area contributed by atoms with Crippen LogP contribution in [-0.4, -0.2) is 23.4 Å². The van der Waals surface area contributed by atoms with Crippen LogP contribution in [0, 0.1) is 0 Å². The SMILES string of the molecule is CC1(C)C2=[N+](CCCCCCCCCCCCN3/C(=C/C=C/C=C/2)C(C)(C)c2ccccc23)c2ccccc21.[Br-]. The molecule has 40 heavy (non-hydrogen) atoms. The Kier molecular flexibility index (Phi) is 10.3. The van der Waals surface area contributed by atoms with Crippen molar-refractivity contribution in [3.05, 3.63) is 95.7 Å². The lowest BCUT2D eigenvalue weighted by Gasteiger charge is -2.27. The van der Waals surface area contributed by atoms with Crippen LogP contribution in [0.4, 0.5) is 11.4 Å². The first-order valence-electron chi connectivity index (χ1n) is 15.6. The molecule has 0 aliphatic carbocycles. The standard InChI is InChI=1S/C37H49N2.BrH/c1-36(2)30-22-16-18-24-32(30)38-28-20-11-9-7-5-6-8-10-12-21-29-39-33-25-19-17-23-31(33)37(3,4)35(39)27-15-13-14-26-34(36)38;/h13-19,22-27H,5-12,20-21,28-29H2,1-4H3;1H/q+1;/p-1. The number of hydrogen-bond acceptors (Lipinski definition) is 1. The molecule has 2 nitrogen and oxygen atoms in total. The van der Waals surface area contributed by atoms with Gasteiger partial charge in [0, 0.05) is 47.5 Å². The lowest BCUT2D eigenvalue weighted by molar-refractivity contribution is -0.438. The molecule has 214 valence electrons. The molecule has 3 heteroatoms. The first-order valence-corrected chi connectivity index (χ1v) is 15.6. The van der Waals surface area contributed by atoms with Crippen LogP contribution in [-0.2, 0) is 10.8 Å². The summed E-state index contributed by atoms with van der Waals surface area (Å²) in [6.45, 7) is 11.7. The molecule has 0 amide bonds. The average molecular weight is 602 g/mol. The van der Waals surface area contributed by atoms with E-state index in [0.29, 0.717) is 0 Å². The summed E-state index contributed by atoms with van der Waals surface area (Å²) in [6.07, 6.45) is 25.0.